The Labute approximate surface area is 183 Å². The fourth-order valence-electron chi connectivity index (χ4n) is 3.77. The van der Waals surface area contributed by atoms with E-state index in [-0.39, 0.29) is 23.4 Å². The molecular weight excluding hydrogens is 415 g/mol. The lowest BCUT2D eigenvalue weighted by molar-refractivity contribution is -0.140. The van der Waals surface area contributed by atoms with Crippen molar-refractivity contribution in [3.05, 3.63) is 84.0 Å². The molecule has 4 rings (SSSR count). The molecule has 2 aromatic heterocycles. The summed E-state index contributed by atoms with van der Waals surface area (Å²) < 4.78 is 21.0. The van der Waals surface area contributed by atoms with Crippen LogP contribution < -0.4 is 4.74 Å². The van der Waals surface area contributed by atoms with Crippen molar-refractivity contribution in [2.45, 2.75) is 19.0 Å². The molecule has 3 heterocycles. The predicted octanol–water partition coefficient (Wildman–Crippen LogP) is 2.94. The van der Waals surface area contributed by atoms with E-state index in [0.29, 0.717) is 18.7 Å². The number of carbonyl (C=O) groups is 2. The Morgan fingerprint density at radius 1 is 1.19 bits per heavy atom. The van der Waals surface area contributed by atoms with Gasteiger partial charge in [0.1, 0.15) is 11.8 Å². The Morgan fingerprint density at radius 2 is 2.03 bits per heavy atom. The summed E-state index contributed by atoms with van der Waals surface area (Å²) in [6.45, 7) is 0.860. The zero-order valence-corrected chi connectivity index (χ0v) is 17.3. The SMILES string of the molecule is COc1ccc(/C(O)=C2\C(=O)C(=O)N(CCCn3ccnc3)[C@@H]2c2ccccn2)cc1F. The quantitative estimate of drug-likeness (QED) is 0.348. The molecule has 1 aromatic carbocycles. The summed E-state index contributed by atoms with van der Waals surface area (Å²) in [7, 11) is 1.33. The number of carbonyl (C=O) groups excluding carboxylic acids is 2. The van der Waals surface area contributed by atoms with Gasteiger partial charge >= 0.3 is 0 Å². The summed E-state index contributed by atoms with van der Waals surface area (Å²) in [6.07, 6.45) is 7.25. The largest absolute Gasteiger partial charge is 0.507 e. The van der Waals surface area contributed by atoms with E-state index in [1.54, 1.807) is 36.9 Å². The molecule has 0 bridgehead atoms. The van der Waals surface area contributed by atoms with Crippen molar-refractivity contribution in [2.75, 3.05) is 13.7 Å². The zero-order valence-electron chi connectivity index (χ0n) is 17.3. The molecule has 0 saturated carbocycles. The van der Waals surface area contributed by atoms with Crippen LogP contribution in [0.2, 0.25) is 0 Å². The molecule has 1 saturated heterocycles. The molecule has 1 N–H and O–H groups in total. The van der Waals surface area contributed by atoms with Crippen LogP contribution in [0, 0.1) is 5.82 Å². The van der Waals surface area contributed by atoms with Gasteiger partial charge in [0.25, 0.3) is 11.7 Å². The van der Waals surface area contributed by atoms with Gasteiger partial charge in [-0.3, -0.25) is 14.6 Å². The van der Waals surface area contributed by atoms with Gasteiger partial charge in [-0.25, -0.2) is 9.37 Å². The van der Waals surface area contributed by atoms with Gasteiger partial charge < -0.3 is 19.3 Å². The summed E-state index contributed by atoms with van der Waals surface area (Å²) in [6, 6.07) is 8.09. The number of methoxy groups -OCH3 is 1. The number of benzene rings is 1. The summed E-state index contributed by atoms with van der Waals surface area (Å²) >= 11 is 0. The van der Waals surface area contributed by atoms with Crippen LogP contribution in [0.5, 0.6) is 5.75 Å². The number of likely N-dealkylation sites (tertiary alicyclic amines) is 1. The van der Waals surface area contributed by atoms with Crippen molar-refractivity contribution >= 4 is 17.4 Å². The van der Waals surface area contributed by atoms with Gasteiger partial charge in [0.15, 0.2) is 11.6 Å². The predicted molar refractivity (Wildman–Crippen MR) is 113 cm³/mol. The lowest BCUT2D eigenvalue weighted by Crippen LogP contribution is -2.31. The number of ether oxygens (including phenoxy) is 1. The Morgan fingerprint density at radius 3 is 2.69 bits per heavy atom. The van der Waals surface area contributed by atoms with Crippen LogP contribution in [0.1, 0.15) is 23.7 Å². The Balaban J connectivity index is 1.72. The third-order valence-corrected chi connectivity index (χ3v) is 5.31. The fourth-order valence-corrected chi connectivity index (χ4v) is 3.77. The van der Waals surface area contributed by atoms with Crippen molar-refractivity contribution in [1.29, 1.82) is 0 Å². The maximum absolute atomic E-state index is 14.2. The second kappa shape index (κ2) is 9.01. The highest BCUT2D eigenvalue weighted by molar-refractivity contribution is 6.46. The number of hydrogen-bond donors (Lipinski definition) is 1. The number of halogens is 1. The van der Waals surface area contributed by atoms with Gasteiger partial charge in [-0.1, -0.05) is 6.07 Å². The minimum absolute atomic E-state index is 0.00257. The number of nitrogens with zero attached hydrogens (tertiary/aromatic N) is 4. The van der Waals surface area contributed by atoms with Crippen LogP contribution in [0.15, 0.2) is 66.9 Å². The first kappa shape index (κ1) is 21.2. The van der Waals surface area contributed by atoms with Crippen molar-refractivity contribution < 1.29 is 23.8 Å². The van der Waals surface area contributed by atoms with E-state index in [0.717, 1.165) is 6.07 Å². The van der Waals surface area contributed by atoms with E-state index in [9.17, 15) is 19.1 Å². The van der Waals surface area contributed by atoms with E-state index in [4.69, 9.17) is 4.74 Å². The lowest BCUT2D eigenvalue weighted by Gasteiger charge is -2.24. The molecule has 0 unspecified atom stereocenters. The first-order valence-electron chi connectivity index (χ1n) is 10.00. The molecule has 1 aliphatic heterocycles. The normalized spacial score (nSPS) is 17.7. The number of aliphatic hydroxyl groups is 1. The fraction of sp³-hybridized carbons (Fsp3) is 0.217. The number of pyridine rings is 1. The molecule has 1 amide bonds. The highest BCUT2D eigenvalue weighted by Gasteiger charge is 2.46. The number of imidazole rings is 1. The lowest BCUT2D eigenvalue weighted by atomic mass is 9.98. The molecule has 0 aliphatic carbocycles. The summed E-state index contributed by atoms with van der Waals surface area (Å²) in [5, 5.41) is 11.0. The molecule has 1 atom stereocenters. The van der Waals surface area contributed by atoms with Crippen molar-refractivity contribution in [2.24, 2.45) is 0 Å². The minimum atomic E-state index is -0.885. The minimum Gasteiger partial charge on any atom is -0.507 e. The number of amides is 1. The Hall–Kier alpha value is -4.01. The second-order valence-corrected chi connectivity index (χ2v) is 7.25. The van der Waals surface area contributed by atoms with Crippen LogP contribution in [-0.4, -0.2) is 49.9 Å². The van der Waals surface area contributed by atoms with E-state index in [1.165, 1.54) is 24.1 Å². The molecule has 9 heteroatoms. The summed E-state index contributed by atoms with van der Waals surface area (Å²) in [4.78, 5) is 35.5. The van der Waals surface area contributed by atoms with Gasteiger partial charge in [0, 0.05) is 37.2 Å². The maximum atomic E-state index is 14.2. The van der Waals surface area contributed by atoms with E-state index in [1.807, 2.05) is 10.8 Å². The molecule has 32 heavy (non-hydrogen) atoms. The van der Waals surface area contributed by atoms with Crippen molar-refractivity contribution in [3.8, 4) is 5.75 Å². The number of aryl methyl sites for hydroxylation is 1. The van der Waals surface area contributed by atoms with Crippen LogP contribution in [-0.2, 0) is 16.1 Å². The van der Waals surface area contributed by atoms with Crippen molar-refractivity contribution in [3.63, 3.8) is 0 Å². The van der Waals surface area contributed by atoms with E-state index >= 15 is 0 Å². The van der Waals surface area contributed by atoms with Crippen molar-refractivity contribution in [1.82, 2.24) is 19.4 Å². The molecule has 1 aliphatic rings. The van der Waals surface area contributed by atoms with Crippen LogP contribution in [0.25, 0.3) is 5.76 Å². The number of aliphatic hydroxyl groups excluding tert-OH is 1. The van der Waals surface area contributed by atoms with Gasteiger partial charge in [-0.2, -0.15) is 0 Å². The standard InChI is InChI=1S/C23H21FN4O4/c1-32-18-7-6-15(13-16(18)24)21(29)19-20(17-5-2-3-8-26-17)28(23(31)22(19)30)11-4-10-27-12-9-25-14-27/h2-3,5-9,12-14,20,29H,4,10-11H2,1H3/b21-19+/t20-/m1/s1. The average Bonchev–Trinajstić information content (AvgIpc) is 3.41. The number of Topliss-reactive ketones (excluding diaryl/α,β-unsaturated/α-hetero) is 1. The first-order chi connectivity index (χ1) is 15.5. The first-order valence-corrected chi connectivity index (χ1v) is 10.00. The molecular formula is C23H21FN4O4. The van der Waals surface area contributed by atoms with Crippen LogP contribution >= 0.6 is 0 Å². The van der Waals surface area contributed by atoms with Crippen LogP contribution in [0.4, 0.5) is 4.39 Å². The van der Waals surface area contributed by atoms with Gasteiger partial charge in [0.05, 0.1) is 24.7 Å². The van der Waals surface area contributed by atoms with Crippen LogP contribution in [0.3, 0.4) is 0 Å². The summed E-state index contributed by atoms with van der Waals surface area (Å²) in [5.74, 6) is -2.72. The molecule has 3 aromatic rings. The van der Waals surface area contributed by atoms with Gasteiger partial charge in [-0.05, 0) is 36.8 Å². The topological polar surface area (TPSA) is 97.6 Å². The maximum Gasteiger partial charge on any atom is 0.295 e. The highest BCUT2D eigenvalue weighted by Crippen LogP contribution is 2.39. The third kappa shape index (κ3) is 3.96. The highest BCUT2D eigenvalue weighted by atomic mass is 19.1. The number of ketones is 1. The summed E-state index contributed by atoms with van der Waals surface area (Å²) in [5.41, 5.74) is 0.381. The smallest absolute Gasteiger partial charge is 0.295 e. The Kier molecular flexibility index (Phi) is 5.98. The third-order valence-electron chi connectivity index (χ3n) is 5.31. The molecule has 0 radical (unpaired) electrons. The average molecular weight is 436 g/mol. The number of aromatic nitrogens is 3. The Bertz CT molecular complexity index is 1160. The monoisotopic (exact) mass is 436 g/mol. The number of rotatable bonds is 7. The van der Waals surface area contributed by atoms with Gasteiger partial charge in [0.2, 0.25) is 0 Å². The second-order valence-electron chi connectivity index (χ2n) is 7.25. The molecule has 8 nitrogen and oxygen atoms in total. The molecule has 164 valence electrons. The molecule has 1 fully saturated rings. The van der Waals surface area contributed by atoms with Gasteiger partial charge in [-0.15, -0.1) is 0 Å². The van der Waals surface area contributed by atoms with E-state index in [2.05, 4.69) is 9.97 Å². The zero-order chi connectivity index (χ0) is 22.7. The number of hydrogen-bond acceptors (Lipinski definition) is 6. The van der Waals surface area contributed by atoms with E-state index < -0.39 is 29.3 Å². The molecule has 0 spiro atoms.